The van der Waals surface area contributed by atoms with Crippen LogP contribution >= 0.6 is 0 Å². The van der Waals surface area contributed by atoms with Gasteiger partial charge in [0.25, 0.3) is 0 Å². The molecule has 2 aromatic heterocycles. The number of aromatic nitrogens is 2. The zero-order valence-electron chi connectivity index (χ0n) is 31.9. The molecule has 0 radical (unpaired) electrons. The fraction of sp³-hybridized carbons (Fsp3) is 0.0426. The first-order valence-electron chi connectivity index (χ1n) is 19.2. The van der Waals surface area contributed by atoms with E-state index >= 15 is 0 Å². The maximum Gasteiger partial charge on any atom is 0.136 e. The van der Waals surface area contributed by atoms with E-state index in [1.807, 2.05) is 60.7 Å². The average molecular weight is 646 g/mol. The maximum atomic E-state index is 8.72. The van der Waals surface area contributed by atoms with Gasteiger partial charge in [0, 0.05) is 29.6 Å². The molecule has 0 aliphatic carbocycles. The fourth-order valence-corrected chi connectivity index (χ4v) is 7.80. The highest BCUT2D eigenvalue weighted by Gasteiger charge is 2.20. The summed E-state index contributed by atoms with van der Waals surface area (Å²) in [6.45, 7) is -2.93. The number of furan rings is 1. The number of aryl methyl sites for hydroxylation is 1. The van der Waals surface area contributed by atoms with Crippen LogP contribution in [0, 0.1) is 0 Å². The van der Waals surface area contributed by atoms with Gasteiger partial charge in [-0.1, -0.05) is 140 Å². The summed E-state index contributed by atoms with van der Waals surface area (Å²) in [5.41, 5.74) is 9.73. The molecule has 0 aliphatic rings. The molecule has 0 saturated carbocycles. The Kier molecular flexibility index (Phi) is 5.39. The summed E-state index contributed by atoms with van der Waals surface area (Å²) < 4.78 is 49.6. The lowest BCUT2D eigenvalue weighted by Gasteiger charge is -2.19. The van der Waals surface area contributed by atoms with Gasteiger partial charge in [0.2, 0.25) is 0 Å². The molecule has 2 heterocycles. The Bertz CT molecular complexity index is 3060. The molecule has 0 N–H and O–H groups in total. The van der Waals surface area contributed by atoms with E-state index in [-0.39, 0.29) is 5.82 Å². The Morgan fingerprint density at radius 3 is 1.88 bits per heavy atom. The van der Waals surface area contributed by atoms with Crippen molar-refractivity contribution in [3.8, 4) is 39.1 Å². The molecule has 0 bridgehead atoms. The quantitative estimate of drug-likeness (QED) is 0.174. The number of fused-ring (bicyclic) bond motifs is 6. The van der Waals surface area contributed by atoms with Crippen LogP contribution in [0.25, 0.3) is 93.6 Å². The third-order valence-electron chi connectivity index (χ3n) is 9.91. The predicted octanol–water partition coefficient (Wildman–Crippen LogP) is 12.8. The highest BCUT2D eigenvalue weighted by atomic mass is 16.3. The Morgan fingerprint density at radius 1 is 0.540 bits per heavy atom. The van der Waals surface area contributed by atoms with Crippen LogP contribution < -0.4 is 0 Å². The molecule has 236 valence electrons. The smallest absolute Gasteiger partial charge is 0.136 e. The summed E-state index contributed by atoms with van der Waals surface area (Å²) >= 11 is 0. The van der Waals surface area contributed by atoms with Crippen LogP contribution in [0.1, 0.15) is 19.5 Å². The molecule has 0 aliphatic heterocycles. The van der Waals surface area contributed by atoms with Crippen molar-refractivity contribution < 1.29 is 11.3 Å². The molecule has 0 unspecified atom stereocenters. The lowest BCUT2D eigenvalue weighted by molar-refractivity contribution is 0.669. The van der Waals surface area contributed by atoms with Crippen molar-refractivity contribution in [3.63, 3.8) is 0 Å². The second kappa shape index (κ2) is 11.3. The summed E-state index contributed by atoms with van der Waals surface area (Å²) in [6.07, 6.45) is -2.70. The number of rotatable bonds is 5. The average Bonchev–Trinajstić information content (AvgIpc) is 3.79. The highest BCUT2D eigenvalue weighted by molar-refractivity contribution is 6.25. The third-order valence-corrected chi connectivity index (χ3v) is 9.91. The van der Waals surface area contributed by atoms with E-state index in [1.54, 1.807) is 10.6 Å². The van der Waals surface area contributed by atoms with Crippen molar-refractivity contribution in [2.75, 3.05) is 0 Å². The monoisotopic (exact) mass is 645 g/mol. The molecule has 50 heavy (non-hydrogen) atoms. The molecule has 0 fully saturated rings. The molecule has 10 aromatic rings. The van der Waals surface area contributed by atoms with Gasteiger partial charge in [-0.2, -0.15) is 0 Å². The minimum absolute atomic E-state index is 0.157. The molecule has 3 heteroatoms. The van der Waals surface area contributed by atoms with Crippen LogP contribution in [0.15, 0.2) is 168 Å². The molecule has 10 rings (SSSR count). The van der Waals surface area contributed by atoms with E-state index in [1.165, 1.54) is 0 Å². The number of hydrogen-bond acceptors (Lipinski definition) is 2. The number of benzene rings is 8. The van der Waals surface area contributed by atoms with Gasteiger partial charge in [-0.15, -0.1) is 0 Å². The second-order valence-electron chi connectivity index (χ2n) is 12.6. The molecule has 8 aromatic carbocycles. The minimum Gasteiger partial charge on any atom is -0.456 e. The lowest BCUT2D eigenvalue weighted by Crippen LogP contribution is -2.02. The van der Waals surface area contributed by atoms with Crippen molar-refractivity contribution >= 4 is 54.5 Å². The summed E-state index contributed by atoms with van der Waals surface area (Å²) in [5.74, 6) is -0.157. The van der Waals surface area contributed by atoms with E-state index < -0.39 is 13.2 Å². The zero-order chi connectivity index (χ0) is 37.5. The van der Waals surface area contributed by atoms with Gasteiger partial charge in [0.15, 0.2) is 0 Å². The fourth-order valence-electron chi connectivity index (χ4n) is 7.80. The first-order valence-corrected chi connectivity index (χ1v) is 16.7. The third kappa shape index (κ3) is 4.27. The van der Waals surface area contributed by atoms with Crippen LogP contribution in [0.3, 0.4) is 0 Å². The highest BCUT2D eigenvalue weighted by Crippen LogP contribution is 2.47. The van der Waals surface area contributed by atoms with E-state index in [4.69, 9.17) is 11.3 Å². The summed E-state index contributed by atoms with van der Waals surface area (Å²) in [6, 6.07) is 55.1. The number of para-hydroxylation sites is 4. The molecule has 0 spiro atoms. The Hall–Kier alpha value is -6.45. The topological polar surface area (TPSA) is 31.0 Å². The van der Waals surface area contributed by atoms with Gasteiger partial charge in [0.1, 0.15) is 17.0 Å². The van der Waals surface area contributed by atoms with Gasteiger partial charge >= 0.3 is 0 Å². The van der Waals surface area contributed by atoms with Gasteiger partial charge in [-0.25, -0.2) is 4.98 Å². The van der Waals surface area contributed by atoms with Gasteiger partial charge in [-0.3, -0.25) is 4.57 Å². The van der Waals surface area contributed by atoms with Crippen molar-refractivity contribution in [1.82, 2.24) is 9.55 Å². The van der Waals surface area contributed by atoms with Crippen molar-refractivity contribution in [1.29, 1.82) is 0 Å². The van der Waals surface area contributed by atoms with Crippen LogP contribution in [0.2, 0.25) is 0 Å². The Morgan fingerprint density at radius 2 is 1.12 bits per heavy atom. The normalized spacial score (nSPS) is 13.8. The molecule has 0 amide bonds. The molecule has 3 nitrogen and oxygen atoms in total. The molecular formula is C47H32N2O. The van der Waals surface area contributed by atoms with Gasteiger partial charge in [0.05, 0.1) is 16.7 Å². The standard InChI is InChI=1S/C47H32N2O/c1-2-44-48-39-21-9-11-23-41(39)49(44)40-22-10-7-14-32(40)30-26-28-31(29-27-30)45-33-15-3-5-17-35(33)46(36-18-6-4-16-34(36)45)38-20-13-25-43-47(38)37-19-8-12-24-42(37)50-43/h3-29H,2H2,1H3/i1D3,2D2. The first kappa shape index (κ1) is 23.8. The van der Waals surface area contributed by atoms with Crippen LogP contribution in [-0.4, -0.2) is 9.55 Å². The summed E-state index contributed by atoms with van der Waals surface area (Å²) in [7, 11) is 0. The van der Waals surface area contributed by atoms with Crippen LogP contribution in [0.4, 0.5) is 0 Å². The van der Waals surface area contributed by atoms with Crippen LogP contribution in [-0.2, 0) is 6.37 Å². The Balaban J connectivity index is 1.16. The zero-order valence-corrected chi connectivity index (χ0v) is 26.9. The van der Waals surface area contributed by atoms with E-state index in [9.17, 15) is 0 Å². The SMILES string of the molecule is [2H]C([2H])([2H])C([2H])([2H])c1nc2ccccc2n1-c1ccccc1-c1ccc(-c2c3ccccc3c(-c3cccc4oc5ccccc5c34)c3ccccc23)cc1. The van der Waals surface area contributed by atoms with E-state index in [0.29, 0.717) is 16.7 Å². The summed E-state index contributed by atoms with van der Waals surface area (Å²) in [5, 5.41) is 6.75. The van der Waals surface area contributed by atoms with Gasteiger partial charge < -0.3 is 4.42 Å². The van der Waals surface area contributed by atoms with Crippen molar-refractivity contribution in [2.24, 2.45) is 0 Å². The number of nitrogens with zero attached hydrogens (tertiary/aromatic N) is 2. The van der Waals surface area contributed by atoms with E-state index in [0.717, 1.165) is 76.9 Å². The van der Waals surface area contributed by atoms with Crippen molar-refractivity contribution in [2.45, 2.75) is 13.2 Å². The first-order chi connectivity index (χ1) is 26.7. The minimum atomic E-state index is -2.93. The largest absolute Gasteiger partial charge is 0.456 e. The second-order valence-corrected chi connectivity index (χ2v) is 12.6. The molecule has 0 atom stereocenters. The van der Waals surface area contributed by atoms with Crippen LogP contribution in [0.5, 0.6) is 0 Å². The van der Waals surface area contributed by atoms with Crippen molar-refractivity contribution in [3.05, 3.63) is 170 Å². The number of imidazole rings is 1. The van der Waals surface area contributed by atoms with E-state index in [2.05, 4.69) is 102 Å². The predicted molar refractivity (Wildman–Crippen MR) is 209 cm³/mol. The Labute approximate surface area is 296 Å². The number of hydrogen-bond donors (Lipinski definition) is 0. The summed E-state index contributed by atoms with van der Waals surface area (Å²) in [4.78, 5) is 4.55. The molecule has 0 saturated heterocycles. The maximum absolute atomic E-state index is 8.72. The lowest BCUT2D eigenvalue weighted by atomic mass is 9.84. The van der Waals surface area contributed by atoms with Gasteiger partial charge in [-0.05, 0) is 79.7 Å². The molecular weight excluding hydrogens is 609 g/mol.